The molecule has 1 aromatic carbocycles. The van der Waals surface area contributed by atoms with Gasteiger partial charge in [0.15, 0.2) is 0 Å². The lowest BCUT2D eigenvalue weighted by Crippen LogP contribution is -2.55. The van der Waals surface area contributed by atoms with Crippen molar-refractivity contribution in [3.8, 4) is 0 Å². The number of aryl methyl sites for hydroxylation is 1. The number of piperazine rings is 1. The van der Waals surface area contributed by atoms with Crippen molar-refractivity contribution >= 4 is 5.69 Å². The summed E-state index contributed by atoms with van der Waals surface area (Å²) in [6, 6.07) is 6.16. The van der Waals surface area contributed by atoms with E-state index in [9.17, 15) is 4.39 Å². The second-order valence-corrected chi connectivity index (χ2v) is 4.98. The first-order chi connectivity index (χ1) is 8.11. The topological polar surface area (TPSA) is 15.3 Å². The molecular formula is C14H21FN2. The van der Waals surface area contributed by atoms with Gasteiger partial charge in [-0.3, -0.25) is 0 Å². The van der Waals surface area contributed by atoms with Gasteiger partial charge in [0.05, 0.1) is 5.69 Å². The summed E-state index contributed by atoms with van der Waals surface area (Å²) in [6.45, 7) is 8.12. The van der Waals surface area contributed by atoms with Gasteiger partial charge in [0.2, 0.25) is 0 Å². The van der Waals surface area contributed by atoms with Crippen molar-refractivity contribution in [1.82, 2.24) is 5.32 Å². The Labute approximate surface area is 103 Å². The van der Waals surface area contributed by atoms with Gasteiger partial charge >= 0.3 is 0 Å². The van der Waals surface area contributed by atoms with E-state index in [1.807, 2.05) is 19.1 Å². The van der Waals surface area contributed by atoms with Gasteiger partial charge in [-0.15, -0.1) is 0 Å². The highest BCUT2D eigenvalue weighted by Crippen LogP contribution is 2.25. The number of nitrogens with zero attached hydrogens (tertiary/aromatic N) is 1. The van der Waals surface area contributed by atoms with E-state index < -0.39 is 0 Å². The van der Waals surface area contributed by atoms with Crippen molar-refractivity contribution in [2.24, 2.45) is 0 Å². The van der Waals surface area contributed by atoms with Crippen LogP contribution in [-0.4, -0.2) is 25.2 Å². The molecule has 0 spiro atoms. The average Bonchev–Trinajstić information content (AvgIpc) is 2.32. The molecule has 3 heteroatoms. The molecule has 0 saturated carbocycles. The number of anilines is 1. The maximum absolute atomic E-state index is 13.9. The van der Waals surface area contributed by atoms with Gasteiger partial charge in [-0.2, -0.15) is 0 Å². The van der Waals surface area contributed by atoms with E-state index in [-0.39, 0.29) is 5.82 Å². The smallest absolute Gasteiger partial charge is 0.146 e. The zero-order valence-corrected chi connectivity index (χ0v) is 10.8. The summed E-state index contributed by atoms with van der Waals surface area (Å²) >= 11 is 0. The third kappa shape index (κ3) is 2.60. The highest BCUT2D eigenvalue weighted by Gasteiger charge is 2.26. The number of rotatable bonds is 2. The lowest BCUT2D eigenvalue weighted by Gasteiger charge is -2.41. The van der Waals surface area contributed by atoms with Crippen LogP contribution in [-0.2, 0) is 0 Å². The lowest BCUT2D eigenvalue weighted by atomic mass is 10.1. The minimum absolute atomic E-state index is 0.108. The standard InChI is InChI=1S/C14H21FN2/c1-4-12-8-16-11(3)9-17(12)14-7-10(2)5-6-13(14)15/h5-7,11-12,16H,4,8-9H2,1-3H3. The fourth-order valence-electron chi connectivity index (χ4n) is 2.46. The first kappa shape index (κ1) is 12.4. The molecule has 1 saturated heterocycles. The fourth-order valence-corrected chi connectivity index (χ4v) is 2.46. The van der Waals surface area contributed by atoms with Crippen molar-refractivity contribution in [1.29, 1.82) is 0 Å². The van der Waals surface area contributed by atoms with E-state index in [0.717, 1.165) is 30.8 Å². The molecular weight excluding hydrogens is 215 g/mol. The molecule has 1 heterocycles. The summed E-state index contributed by atoms with van der Waals surface area (Å²) in [5, 5.41) is 3.45. The van der Waals surface area contributed by atoms with Crippen LogP contribution >= 0.6 is 0 Å². The SMILES string of the molecule is CCC1CNC(C)CN1c1cc(C)ccc1F. The van der Waals surface area contributed by atoms with E-state index >= 15 is 0 Å². The number of nitrogens with one attached hydrogen (secondary N) is 1. The summed E-state index contributed by atoms with van der Waals surface area (Å²) in [7, 11) is 0. The van der Waals surface area contributed by atoms with Crippen LogP contribution in [0.15, 0.2) is 18.2 Å². The number of benzene rings is 1. The normalized spacial score (nSPS) is 25.1. The summed E-state index contributed by atoms with van der Waals surface area (Å²) in [5.41, 5.74) is 1.87. The van der Waals surface area contributed by atoms with Crippen LogP contribution in [0.3, 0.4) is 0 Å². The Morgan fingerprint density at radius 1 is 1.47 bits per heavy atom. The predicted octanol–water partition coefficient (Wildman–Crippen LogP) is 2.71. The Balaban J connectivity index is 2.31. The Hall–Kier alpha value is -1.09. The van der Waals surface area contributed by atoms with Crippen LogP contribution in [0.5, 0.6) is 0 Å². The van der Waals surface area contributed by atoms with Crippen LogP contribution in [0.1, 0.15) is 25.8 Å². The largest absolute Gasteiger partial charge is 0.363 e. The van der Waals surface area contributed by atoms with Gasteiger partial charge < -0.3 is 10.2 Å². The summed E-state index contributed by atoms with van der Waals surface area (Å²) in [6.07, 6.45) is 1.03. The molecule has 2 rings (SSSR count). The van der Waals surface area contributed by atoms with Crippen LogP contribution in [0, 0.1) is 12.7 Å². The van der Waals surface area contributed by atoms with E-state index in [2.05, 4.69) is 24.1 Å². The van der Waals surface area contributed by atoms with Gasteiger partial charge in [-0.05, 0) is 38.0 Å². The highest BCUT2D eigenvalue weighted by atomic mass is 19.1. The Morgan fingerprint density at radius 3 is 2.94 bits per heavy atom. The minimum Gasteiger partial charge on any atom is -0.363 e. The number of hydrogen-bond donors (Lipinski definition) is 1. The maximum atomic E-state index is 13.9. The molecule has 0 bridgehead atoms. The summed E-state index contributed by atoms with van der Waals surface area (Å²) < 4.78 is 13.9. The molecule has 1 N–H and O–H groups in total. The molecule has 0 aromatic heterocycles. The molecule has 94 valence electrons. The first-order valence-corrected chi connectivity index (χ1v) is 6.38. The molecule has 2 atom stereocenters. The van der Waals surface area contributed by atoms with E-state index in [4.69, 9.17) is 0 Å². The van der Waals surface area contributed by atoms with Gasteiger partial charge in [0, 0.05) is 25.2 Å². The fraction of sp³-hybridized carbons (Fsp3) is 0.571. The minimum atomic E-state index is -0.108. The average molecular weight is 236 g/mol. The quantitative estimate of drug-likeness (QED) is 0.849. The summed E-state index contributed by atoms with van der Waals surface area (Å²) in [4.78, 5) is 2.21. The van der Waals surface area contributed by atoms with Gasteiger partial charge in [-0.25, -0.2) is 4.39 Å². The molecule has 2 unspecified atom stereocenters. The molecule has 17 heavy (non-hydrogen) atoms. The van der Waals surface area contributed by atoms with E-state index in [1.165, 1.54) is 0 Å². The molecule has 0 radical (unpaired) electrons. The van der Waals surface area contributed by atoms with Gasteiger partial charge in [0.25, 0.3) is 0 Å². The predicted molar refractivity (Wildman–Crippen MR) is 70.0 cm³/mol. The third-order valence-corrected chi connectivity index (χ3v) is 3.50. The monoisotopic (exact) mass is 236 g/mol. The van der Waals surface area contributed by atoms with Crippen LogP contribution in [0.4, 0.5) is 10.1 Å². The second kappa shape index (κ2) is 5.05. The highest BCUT2D eigenvalue weighted by molar-refractivity contribution is 5.51. The molecule has 0 aliphatic carbocycles. The van der Waals surface area contributed by atoms with Gasteiger partial charge in [-0.1, -0.05) is 13.0 Å². The van der Waals surface area contributed by atoms with Gasteiger partial charge in [0.1, 0.15) is 5.82 Å². The number of halogens is 1. The van der Waals surface area contributed by atoms with Crippen LogP contribution in [0.25, 0.3) is 0 Å². The molecule has 1 aliphatic heterocycles. The van der Waals surface area contributed by atoms with Crippen molar-refractivity contribution in [3.05, 3.63) is 29.6 Å². The molecule has 1 aromatic rings. The van der Waals surface area contributed by atoms with Crippen LogP contribution < -0.4 is 10.2 Å². The first-order valence-electron chi connectivity index (χ1n) is 6.38. The zero-order valence-electron chi connectivity index (χ0n) is 10.8. The summed E-state index contributed by atoms with van der Waals surface area (Å²) in [5.74, 6) is -0.108. The van der Waals surface area contributed by atoms with Crippen molar-refractivity contribution in [3.63, 3.8) is 0 Å². The second-order valence-electron chi connectivity index (χ2n) is 4.98. The Bertz CT molecular complexity index is 392. The van der Waals surface area contributed by atoms with Crippen molar-refractivity contribution in [2.75, 3.05) is 18.0 Å². The lowest BCUT2D eigenvalue weighted by molar-refractivity contribution is 0.398. The molecule has 1 fully saturated rings. The van der Waals surface area contributed by atoms with E-state index in [0.29, 0.717) is 12.1 Å². The molecule has 0 amide bonds. The Morgan fingerprint density at radius 2 is 2.24 bits per heavy atom. The zero-order chi connectivity index (χ0) is 12.4. The Kier molecular flexibility index (Phi) is 3.67. The van der Waals surface area contributed by atoms with Crippen LogP contribution in [0.2, 0.25) is 0 Å². The van der Waals surface area contributed by atoms with Crippen molar-refractivity contribution < 1.29 is 4.39 Å². The van der Waals surface area contributed by atoms with E-state index in [1.54, 1.807) is 6.07 Å². The molecule has 2 nitrogen and oxygen atoms in total. The number of hydrogen-bond acceptors (Lipinski definition) is 2. The third-order valence-electron chi connectivity index (χ3n) is 3.50. The maximum Gasteiger partial charge on any atom is 0.146 e. The van der Waals surface area contributed by atoms with Crippen molar-refractivity contribution in [2.45, 2.75) is 39.3 Å². The molecule has 1 aliphatic rings.